The molecule has 0 saturated heterocycles. The van der Waals surface area contributed by atoms with E-state index in [4.69, 9.17) is 0 Å². The Morgan fingerprint density at radius 2 is 2.38 bits per heavy atom. The monoisotopic (exact) mass is 218 g/mol. The number of nitrogens with zero attached hydrogens (tertiary/aromatic N) is 2. The van der Waals surface area contributed by atoms with Crippen molar-refractivity contribution in [2.45, 2.75) is 25.9 Å². The summed E-state index contributed by atoms with van der Waals surface area (Å²) in [6, 6.07) is 2.10. The van der Waals surface area contributed by atoms with Gasteiger partial charge >= 0.3 is 0 Å². The van der Waals surface area contributed by atoms with E-state index in [2.05, 4.69) is 25.9 Å². The third-order valence-electron chi connectivity index (χ3n) is 2.57. The Morgan fingerprint density at radius 3 is 3.12 bits per heavy atom. The van der Waals surface area contributed by atoms with Gasteiger partial charge in [0.05, 0.1) is 6.33 Å². The first-order chi connectivity index (χ1) is 7.95. The van der Waals surface area contributed by atoms with Gasteiger partial charge in [0.15, 0.2) is 0 Å². The molecule has 2 rings (SSSR count). The molecule has 2 heterocycles. The molecule has 0 unspecified atom stereocenters. The van der Waals surface area contributed by atoms with Gasteiger partial charge in [-0.1, -0.05) is 0 Å². The second-order valence-corrected chi connectivity index (χ2v) is 3.90. The summed E-state index contributed by atoms with van der Waals surface area (Å²) in [4.78, 5) is 7.06. The Morgan fingerprint density at radius 1 is 1.38 bits per heavy atom. The Bertz CT molecular complexity index is 325. The lowest BCUT2D eigenvalue weighted by Gasteiger charge is -2.04. The lowest BCUT2D eigenvalue weighted by Crippen LogP contribution is -2.14. The number of hydrogen-bond donors (Lipinski definition) is 2. The molecule has 2 aromatic rings. The summed E-state index contributed by atoms with van der Waals surface area (Å²) in [6.07, 6.45) is 12.1. The minimum absolute atomic E-state index is 0.953. The van der Waals surface area contributed by atoms with Gasteiger partial charge < -0.3 is 14.9 Å². The summed E-state index contributed by atoms with van der Waals surface area (Å²) in [6.45, 7) is 3.08. The predicted octanol–water partition coefficient (Wildman–Crippen LogP) is 1.78. The van der Waals surface area contributed by atoms with E-state index in [9.17, 15) is 0 Å². The number of aryl methyl sites for hydroxylation is 1. The van der Waals surface area contributed by atoms with Crippen molar-refractivity contribution in [1.82, 2.24) is 19.9 Å². The molecule has 0 radical (unpaired) electrons. The Labute approximate surface area is 95.7 Å². The van der Waals surface area contributed by atoms with E-state index >= 15 is 0 Å². The number of nitrogens with one attached hydrogen (secondary N) is 2. The van der Waals surface area contributed by atoms with Gasteiger partial charge in [0.25, 0.3) is 0 Å². The van der Waals surface area contributed by atoms with Crippen LogP contribution in [-0.4, -0.2) is 21.1 Å². The van der Waals surface area contributed by atoms with Crippen LogP contribution >= 0.6 is 0 Å². The predicted molar refractivity (Wildman–Crippen MR) is 64.0 cm³/mol. The topological polar surface area (TPSA) is 45.6 Å². The van der Waals surface area contributed by atoms with Crippen LogP contribution in [0.2, 0.25) is 0 Å². The van der Waals surface area contributed by atoms with Crippen LogP contribution in [0.15, 0.2) is 37.2 Å². The highest BCUT2D eigenvalue weighted by Crippen LogP contribution is 1.97. The fraction of sp³-hybridized carbons (Fsp3) is 0.417. The van der Waals surface area contributed by atoms with E-state index in [1.807, 2.05) is 31.1 Å². The molecule has 2 aromatic heterocycles. The van der Waals surface area contributed by atoms with Crippen molar-refractivity contribution in [3.63, 3.8) is 0 Å². The maximum absolute atomic E-state index is 4.01. The molecule has 4 nitrogen and oxygen atoms in total. The molecule has 0 bridgehead atoms. The first kappa shape index (κ1) is 11.0. The lowest BCUT2D eigenvalue weighted by atomic mass is 10.3. The molecule has 0 spiro atoms. The van der Waals surface area contributed by atoms with Crippen LogP contribution in [0.5, 0.6) is 0 Å². The van der Waals surface area contributed by atoms with Gasteiger partial charge in [0, 0.05) is 37.9 Å². The normalized spacial score (nSPS) is 10.8. The first-order valence-electron chi connectivity index (χ1n) is 5.73. The molecular formula is C12H18N4. The van der Waals surface area contributed by atoms with Gasteiger partial charge in [-0.3, -0.25) is 0 Å². The van der Waals surface area contributed by atoms with Crippen LogP contribution in [0.3, 0.4) is 0 Å². The summed E-state index contributed by atoms with van der Waals surface area (Å²) < 4.78 is 2.12. The third kappa shape index (κ3) is 3.55. The van der Waals surface area contributed by atoms with Crippen LogP contribution in [0.1, 0.15) is 18.4 Å². The van der Waals surface area contributed by atoms with Crippen molar-refractivity contribution in [3.05, 3.63) is 42.7 Å². The van der Waals surface area contributed by atoms with Crippen LogP contribution < -0.4 is 5.32 Å². The summed E-state index contributed by atoms with van der Waals surface area (Å²) in [5.74, 6) is 0. The minimum Gasteiger partial charge on any atom is -0.367 e. The number of rotatable bonds is 7. The highest BCUT2D eigenvalue weighted by Gasteiger charge is 1.93. The quantitative estimate of drug-likeness (QED) is 0.696. The molecule has 0 aliphatic rings. The highest BCUT2D eigenvalue weighted by molar-refractivity contribution is 5.07. The summed E-state index contributed by atoms with van der Waals surface area (Å²) in [5.41, 5.74) is 1.31. The van der Waals surface area contributed by atoms with Crippen molar-refractivity contribution in [2.75, 3.05) is 6.54 Å². The van der Waals surface area contributed by atoms with Gasteiger partial charge in [-0.2, -0.15) is 0 Å². The van der Waals surface area contributed by atoms with E-state index in [0.717, 1.165) is 19.6 Å². The third-order valence-corrected chi connectivity index (χ3v) is 2.57. The first-order valence-corrected chi connectivity index (χ1v) is 5.73. The molecule has 0 aromatic carbocycles. The highest BCUT2D eigenvalue weighted by atomic mass is 15.0. The molecule has 4 heteroatoms. The van der Waals surface area contributed by atoms with E-state index in [-0.39, 0.29) is 0 Å². The fourth-order valence-electron chi connectivity index (χ4n) is 1.66. The van der Waals surface area contributed by atoms with Gasteiger partial charge in [-0.25, -0.2) is 4.98 Å². The standard InChI is InChI=1S/C12H18N4/c1(2-7-16-8-6-15-11-16)4-13-9-12-3-5-14-10-12/h3,5-6,8,10-11,13-14H,1-2,4,7,9H2. The number of H-pyrrole nitrogens is 1. The van der Waals surface area contributed by atoms with Crippen LogP contribution in [0, 0.1) is 0 Å². The molecule has 16 heavy (non-hydrogen) atoms. The maximum Gasteiger partial charge on any atom is 0.0945 e. The Kier molecular flexibility index (Phi) is 4.19. The molecule has 0 atom stereocenters. The number of imidazole rings is 1. The number of hydrogen-bond acceptors (Lipinski definition) is 2. The van der Waals surface area contributed by atoms with Crippen molar-refractivity contribution >= 4 is 0 Å². The molecule has 0 saturated carbocycles. The Hall–Kier alpha value is -1.55. The molecule has 0 amide bonds. The summed E-state index contributed by atoms with van der Waals surface area (Å²) >= 11 is 0. The van der Waals surface area contributed by atoms with Gasteiger partial charge in [0.1, 0.15) is 0 Å². The minimum atomic E-state index is 0.953. The molecule has 0 aliphatic heterocycles. The number of unbranched alkanes of at least 4 members (excludes halogenated alkanes) is 1. The zero-order chi connectivity index (χ0) is 11.1. The second-order valence-electron chi connectivity index (χ2n) is 3.90. The summed E-state index contributed by atoms with van der Waals surface area (Å²) in [5, 5.41) is 3.42. The van der Waals surface area contributed by atoms with E-state index in [0.29, 0.717) is 0 Å². The van der Waals surface area contributed by atoms with E-state index in [1.54, 1.807) is 0 Å². The van der Waals surface area contributed by atoms with Gasteiger partial charge in [-0.05, 0) is 31.0 Å². The van der Waals surface area contributed by atoms with Gasteiger partial charge in [0.2, 0.25) is 0 Å². The number of aromatic nitrogens is 3. The number of aromatic amines is 1. The average Bonchev–Trinajstić information content (AvgIpc) is 2.96. The fourth-order valence-corrected chi connectivity index (χ4v) is 1.66. The van der Waals surface area contributed by atoms with Gasteiger partial charge in [-0.15, -0.1) is 0 Å². The summed E-state index contributed by atoms with van der Waals surface area (Å²) in [7, 11) is 0. The SMILES string of the molecule is c1cn(CCCCNCc2cc[nH]c2)cn1. The Balaban J connectivity index is 1.49. The molecule has 86 valence electrons. The van der Waals surface area contributed by atoms with Crippen molar-refractivity contribution < 1.29 is 0 Å². The molecular weight excluding hydrogens is 200 g/mol. The van der Waals surface area contributed by atoms with Crippen LogP contribution in [0.25, 0.3) is 0 Å². The average molecular weight is 218 g/mol. The van der Waals surface area contributed by atoms with E-state index in [1.165, 1.54) is 18.4 Å². The molecule has 2 N–H and O–H groups in total. The van der Waals surface area contributed by atoms with Crippen molar-refractivity contribution in [3.8, 4) is 0 Å². The zero-order valence-electron chi connectivity index (χ0n) is 9.39. The zero-order valence-corrected chi connectivity index (χ0v) is 9.39. The second kappa shape index (κ2) is 6.12. The van der Waals surface area contributed by atoms with Crippen LogP contribution in [-0.2, 0) is 13.1 Å². The molecule has 0 fully saturated rings. The lowest BCUT2D eigenvalue weighted by molar-refractivity contribution is 0.568. The van der Waals surface area contributed by atoms with Crippen LogP contribution in [0.4, 0.5) is 0 Å². The maximum atomic E-state index is 4.01. The largest absolute Gasteiger partial charge is 0.367 e. The molecule has 0 aliphatic carbocycles. The smallest absolute Gasteiger partial charge is 0.0945 e. The van der Waals surface area contributed by atoms with E-state index < -0.39 is 0 Å². The van der Waals surface area contributed by atoms with Crippen molar-refractivity contribution in [2.24, 2.45) is 0 Å². The van der Waals surface area contributed by atoms with Crippen molar-refractivity contribution in [1.29, 1.82) is 0 Å².